The molecule has 0 bridgehead atoms. The average molecular weight is 210 g/mol. The van der Waals surface area contributed by atoms with Crippen LogP contribution in [0.3, 0.4) is 0 Å². The molecule has 0 saturated carbocycles. The molecule has 80 valence electrons. The number of hydrogen-bond donors (Lipinski definition) is 0. The van der Waals surface area contributed by atoms with Crippen LogP contribution in [0.2, 0.25) is 0 Å². The second-order valence-corrected chi connectivity index (χ2v) is 3.74. The van der Waals surface area contributed by atoms with E-state index < -0.39 is 0 Å². The zero-order valence-corrected chi connectivity index (χ0v) is 9.13. The molecule has 0 spiro atoms. The number of aryl methyl sites for hydroxylation is 1. The normalized spacial score (nSPS) is 9.94. The van der Waals surface area contributed by atoms with Crippen LogP contribution in [0.5, 0.6) is 0 Å². The van der Waals surface area contributed by atoms with E-state index in [1.165, 1.54) is 11.1 Å². The summed E-state index contributed by atoms with van der Waals surface area (Å²) in [4.78, 5) is 0. The lowest BCUT2D eigenvalue weighted by Gasteiger charge is -2.00. The van der Waals surface area contributed by atoms with Crippen LogP contribution < -0.4 is 0 Å². The molecule has 0 N–H and O–H groups in total. The highest BCUT2D eigenvalue weighted by molar-refractivity contribution is 5.15. The Morgan fingerprint density at radius 2 is 2.00 bits per heavy atom. The van der Waals surface area contributed by atoms with Gasteiger partial charge in [-0.3, -0.25) is 4.68 Å². The van der Waals surface area contributed by atoms with Crippen molar-refractivity contribution in [1.29, 1.82) is 0 Å². The Labute approximate surface area is 95.9 Å². The maximum absolute atomic E-state index is 5.23. The fraction of sp³-hybridized carbons (Fsp3) is 0.214. The van der Waals surface area contributed by atoms with Gasteiger partial charge in [-0.1, -0.05) is 30.3 Å². The van der Waals surface area contributed by atoms with Crippen LogP contribution in [0.4, 0.5) is 0 Å². The van der Waals surface area contributed by atoms with E-state index in [9.17, 15) is 0 Å². The molecule has 0 amide bonds. The van der Waals surface area contributed by atoms with Gasteiger partial charge in [0.25, 0.3) is 0 Å². The van der Waals surface area contributed by atoms with Gasteiger partial charge in [-0.05, 0) is 17.5 Å². The molecule has 2 nitrogen and oxygen atoms in total. The zero-order chi connectivity index (χ0) is 11.2. The molecular weight excluding hydrogens is 196 g/mol. The number of nitrogens with zero attached hydrogens (tertiary/aromatic N) is 2. The predicted octanol–water partition coefficient (Wildman–Crippen LogP) is 2.50. The Bertz CT molecular complexity index is 477. The fourth-order valence-electron chi connectivity index (χ4n) is 1.61. The van der Waals surface area contributed by atoms with Crippen molar-refractivity contribution in [3.8, 4) is 12.3 Å². The first-order chi connectivity index (χ1) is 7.88. The lowest BCUT2D eigenvalue weighted by molar-refractivity contribution is 0.686. The molecule has 2 heteroatoms. The Kier molecular flexibility index (Phi) is 3.40. The summed E-state index contributed by atoms with van der Waals surface area (Å²) < 4.78 is 1.95. The smallest absolute Gasteiger partial charge is 0.0659 e. The van der Waals surface area contributed by atoms with Gasteiger partial charge in [0, 0.05) is 12.6 Å². The average Bonchev–Trinajstić information content (AvgIpc) is 2.75. The molecule has 1 heterocycles. The van der Waals surface area contributed by atoms with Crippen molar-refractivity contribution >= 4 is 0 Å². The Balaban J connectivity index is 2.01. The van der Waals surface area contributed by atoms with Crippen molar-refractivity contribution in [1.82, 2.24) is 9.78 Å². The number of rotatable bonds is 4. The third-order valence-corrected chi connectivity index (χ3v) is 2.43. The third-order valence-electron chi connectivity index (χ3n) is 2.43. The van der Waals surface area contributed by atoms with Crippen molar-refractivity contribution < 1.29 is 0 Å². The molecule has 2 aromatic rings. The molecule has 0 radical (unpaired) electrons. The highest BCUT2D eigenvalue weighted by atomic mass is 15.3. The lowest BCUT2D eigenvalue weighted by atomic mass is 10.2. The van der Waals surface area contributed by atoms with Gasteiger partial charge in [0.1, 0.15) is 0 Å². The highest BCUT2D eigenvalue weighted by Crippen LogP contribution is 2.05. The molecule has 16 heavy (non-hydrogen) atoms. The van der Waals surface area contributed by atoms with E-state index in [1.54, 1.807) is 0 Å². The Hall–Kier alpha value is -2.01. The molecule has 1 aromatic carbocycles. The summed E-state index contributed by atoms with van der Waals surface area (Å²) in [6.07, 6.45) is 10.9. The summed E-state index contributed by atoms with van der Waals surface area (Å²) in [5.41, 5.74) is 2.46. The third kappa shape index (κ3) is 2.74. The first-order valence-corrected chi connectivity index (χ1v) is 5.37. The minimum absolute atomic E-state index is 0.775. The summed E-state index contributed by atoms with van der Waals surface area (Å²) >= 11 is 0. The van der Waals surface area contributed by atoms with Gasteiger partial charge < -0.3 is 0 Å². The minimum atomic E-state index is 0.775. The monoisotopic (exact) mass is 210 g/mol. The molecular formula is C14H14N2. The number of terminal acetylenes is 1. The standard InChI is InChI=1S/C14H14N2/c1-2-3-7-14-10-15-16(12-14)11-13-8-5-4-6-9-13/h1,4-6,8-10,12H,3,7,11H2. The topological polar surface area (TPSA) is 17.8 Å². The van der Waals surface area contributed by atoms with E-state index in [-0.39, 0.29) is 0 Å². The van der Waals surface area contributed by atoms with Crippen LogP contribution in [-0.2, 0) is 13.0 Å². The molecule has 1 aromatic heterocycles. The van der Waals surface area contributed by atoms with Gasteiger partial charge >= 0.3 is 0 Å². The second kappa shape index (κ2) is 5.18. The highest BCUT2D eigenvalue weighted by Gasteiger charge is 1.98. The van der Waals surface area contributed by atoms with Crippen LogP contribution in [0, 0.1) is 12.3 Å². The van der Waals surface area contributed by atoms with Crippen LogP contribution in [0.25, 0.3) is 0 Å². The molecule has 0 atom stereocenters. The van der Waals surface area contributed by atoms with Crippen molar-refractivity contribution in [2.75, 3.05) is 0 Å². The van der Waals surface area contributed by atoms with Gasteiger partial charge in [0.15, 0.2) is 0 Å². The second-order valence-electron chi connectivity index (χ2n) is 3.74. The van der Waals surface area contributed by atoms with Gasteiger partial charge in [-0.15, -0.1) is 12.3 Å². The van der Waals surface area contributed by atoms with E-state index in [0.29, 0.717) is 0 Å². The van der Waals surface area contributed by atoms with E-state index in [4.69, 9.17) is 6.42 Å². The Morgan fingerprint density at radius 1 is 1.19 bits per heavy atom. The van der Waals surface area contributed by atoms with Gasteiger partial charge in [-0.25, -0.2) is 0 Å². The van der Waals surface area contributed by atoms with E-state index >= 15 is 0 Å². The lowest BCUT2D eigenvalue weighted by Crippen LogP contribution is -1.99. The number of benzene rings is 1. The predicted molar refractivity (Wildman–Crippen MR) is 64.9 cm³/mol. The van der Waals surface area contributed by atoms with E-state index in [2.05, 4.69) is 29.3 Å². The van der Waals surface area contributed by atoms with Crippen molar-refractivity contribution in [2.24, 2.45) is 0 Å². The molecule has 0 aliphatic carbocycles. The van der Waals surface area contributed by atoms with Crippen LogP contribution in [0.1, 0.15) is 17.5 Å². The minimum Gasteiger partial charge on any atom is -0.268 e. The summed E-state index contributed by atoms with van der Waals surface area (Å²) in [5.74, 6) is 2.64. The summed E-state index contributed by atoms with van der Waals surface area (Å²) in [7, 11) is 0. The van der Waals surface area contributed by atoms with Gasteiger partial charge in [-0.2, -0.15) is 5.10 Å². The summed E-state index contributed by atoms with van der Waals surface area (Å²) in [5, 5.41) is 4.31. The molecule has 0 aliphatic rings. The van der Waals surface area contributed by atoms with Crippen molar-refractivity contribution in [3.05, 3.63) is 53.9 Å². The van der Waals surface area contributed by atoms with Gasteiger partial charge in [0.05, 0.1) is 12.7 Å². The zero-order valence-electron chi connectivity index (χ0n) is 9.13. The SMILES string of the molecule is C#CCCc1cnn(Cc2ccccc2)c1. The largest absolute Gasteiger partial charge is 0.268 e. The fourth-order valence-corrected chi connectivity index (χ4v) is 1.61. The van der Waals surface area contributed by atoms with Crippen LogP contribution in [0.15, 0.2) is 42.7 Å². The molecule has 0 unspecified atom stereocenters. The van der Waals surface area contributed by atoms with Crippen molar-refractivity contribution in [3.63, 3.8) is 0 Å². The Morgan fingerprint density at radius 3 is 2.75 bits per heavy atom. The molecule has 0 aliphatic heterocycles. The van der Waals surface area contributed by atoms with E-state index in [0.717, 1.165) is 19.4 Å². The summed E-state index contributed by atoms with van der Waals surface area (Å²) in [6.45, 7) is 0.816. The maximum atomic E-state index is 5.23. The first-order valence-electron chi connectivity index (χ1n) is 5.37. The number of aromatic nitrogens is 2. The summed E-state index contributed by atoms with van der Waals surface area (Å²) in [6, 6.07) is 10.3. The maximum Gasteiger partial charge on any atom is 0.0659 e. The molecule has 0 saturated heterocycles. The van der Waals surface area contributed by atoms with Crippen LogP contribution >= 0.6 is 0 Å². The van der Waals surface area contributed by atoms with E-state index in [1.807, 2.05) is 29.1 Å². The number of hydrogen-bond acceptors (Lipinski definition) is 1. The quantitative estimate of drug-likeness (QED) is 0.709. The van der Waals surface area contributed by atoms with Gasteiger partial charge in [0.2, 0.25) is 0 Å². The molecule has 0 fully saturated rings. The van der Waals surface area contributed by atoms with Crippen molar-refractivity contribution in [2.45, 2.75) is 19.4 Å². The first kappa shape index (κ1) is 10.5. The van der Waals surface area contributed by atoms with Crippen LogP contribution in [-0.4, -0.2) is 9.78 Å². The molecule has 2 rings (SSSR count).